The summed E-state index contributed by atoms with van der Waals surface area (Å²) < 4.78 is 0. The van der Waals surface area contributed by atoms with Crippen molar-refractivity contribution in [2.45, 2.75) is 18.6 Å². The van der Waals surface area contributed by atoms with Crippen molar-refractivity contribution >= 4 is 11.8 Å². The SMILES string of the molecule is CCC(CO)SCCN. The van der Waals surface area contributed by atoms with Gasteiger partial charge in [0.15, 0.2) is 0 Å². The summed E-state index contributed by atoms with van der Waals surface area (Å²) in [6, 6.07) is 0. The quantitative estimate of drug-likeness (QED) is 0.596. The Kier molecular flexibility index (Phi) is 6.58. The Morgan fingerprint density at radius 3 is 2.67 bits per heavy atom. The van der Waals surface area contributed by atoms with Crippen LogP contribution in [0.5, 0.6) is 0 Å². The number of rotatable bonds is 5. The zero-order valence-corrected chi connectivity index (χ0v) is 6.66. The average Bonchev–Trinajstić information content (AvgIpc) is 1.91. The van der Waals surface area contributed by atoms with Crippen LogP contribution in [0.25, 0.3) is 0 Å². The second-order valence-corrected chi connectivity index (χ2v) is 3.28. The van der Waals surface area contributed by atoms with Gasteiger partial charge in [0.05, 0.1) is 6.61 Å². The van der Waals surface area contributed by atoms with E-state index in [1.54, 1.807) is 11.8 Å². The first kappa shape index (κ1) is 9.27. The minimum Gasteiger partial charge on any atom is -0.395 e. The summed E-state index contributed by atoms with van der Waals surface area (Å²) >= 11 is 1.75. The fourth-order valence-corrected chi connectivity index (χ4v) is 1.34. The van der Waals surface area contributed by atoms with E-state index in [0.717, 1.165) is 12.2 Å². The molecule has 0 saturated heterocycles. The van der Waals surface area contributed by atoms with Crippen LogP contribution in [0, 0.1) is 0 Å². The lowest BCUT2D eigenvalue weighted by atomic mass is 10.3. The van der Waals surface area contributed by atoms with Crippen molar-refractivity contribution in [1.82, 2.24) is 0 Å². The summed E-state index contributed by atoms with van der Waals surface area (Å²) in [5.41, 5.74) is 5.28. The minimum absolute atomic E-state index is 0.279. The van der Waals surface area contributed by atoms with Crippen LogP contribution in [-0.2, 0) is 0 Å². The highest BCUT2D eigenvalue weighted by atomic mass is 32.2. The summed E-state index contributed by atoms with van der Waals surface area (Å²) in [5.74, 6) is 0.957. The molecule has 0 aliphatic heterocycles. The van der Waals surface area contributed by atoms with Crippen LogP contribution in [0.2, 0.25) is 0 Å². The molecule has 3 N–H and O–H groups in total. The number of nitrogens with two attached hydrogens (primary N) is 1. The molecule has 0 aliphatic carbocycles. The molecule has 0 bridgehead atoms. The molecule has 0 fully saturated rings. The van der Waals surface area contributed by atoms with E-state index in [9.17, 15) is 0 Å². The van der Waals surface area contributed by atoms with Gasteiger partial charge in [0.2, 0.25) is 0 Å². The van der Waals surface area contributed by atoms with Gasteiger partial charge in [0.1, 0.15) is 0 Å². The number of hydrogen-bond acceptors (Lipinski definition) is 3. The highest BCUT2D eigenvalue weighted by molar-refractivity contribution is 7.99. The van der Waals surface area contributed by atoms with Gasteiger partial charge in [-0.3, -0.25) is 0 Å². The van der Waals surface area contributed by atoms with Gasteiger partial charge in [0.25, 0.3) is 0 Å². The molecular formula is C6H15NOS. The molecule has 0 aromatic carbocycles. The third-order valence-electron chi connectivity index (χ3n) is 1.13. The Bertz CT molecular complexity index is 57.0. The monoisotopic (exact) mass is 149 g/mol. The molecule has 1 atom stereocenters. The van der Waals surface area contributed by atoms with Crippen LogP contribution >= 0.6 is 11.8 Å². The largest absolute Gasteiger partial charge is 0.395 e. The van der Waals surface area contributed by atoms with Gasteiger partial charge < -0.3 is 10.8 Å². The molecule has 0 heterocycles. The van der Waals surface area contributed by atoms with Crippen molar-refractivity contribution in [3.63, 3.8) is 0 Å². The van der Waals surface area contributed by atoms with E-state index in [-0.39, 0.29) is 6.61 Å². The van der Waals surface area contributed by atoms with E-state index in [2.05, 4.69) is 6.92 Å². The van der Waals surface area contributed by atoms with Crippen LogP contribution in [0.1, 0.15) is 13.3 Å². The Morgan fingerprint density at radius 1 is 1.67 bits per heavy atom. The second-order valence-electron chi connectivity index (χ2n) is 1.87. The van der Waals surface area contributed by atoms with Crippen molar-refractivity contribution in [2.24, 2.45) is 5.73 Å². The van der Waals surface area contributed by atoms with Crippen molar-refractivity contribution in [3.05, 3.63) is 0 Å². The van der Waals surface area contributed by atoms with Crippen molar-refractivity contribution in [2.75, 3.05) is 18.9 Å². The van der Waals surface area contributed by atoms with Gasteiger partial charge in [-0.25, -0.2) is 0 Å². The van der Waals surface area contributed by atoms with Crippen LogP contribution in [0.15, 0.2) is 0 Å². The molecule has 0 aliphatic rings. The molecule has 1 unspecified atom stereocenters. The van der Waals surface area contributed by atoms with E-state index < -0.39 is 0 Å². The van der Waals surface area contributed by atoms with Gasteiger partial charge in [-0.2, -0.15) is 11.8 Å². The average molecular weight is 149 g/mol. The van der Waals surface area contributed by atoms with Gasteiger partial charge in [-0.05, 0) is 6.42 Å². The fourth-order valence-electron chi connectivity index (χ4n) is 0.534. The minimum atomic E-state index is 0.279. The van der Waals surface area contributed by atoms with Crippen molar-refractivity contribution < 1.29 is 5.11 Å². The lowest BCUT2D eigenvalue weighted by Crippen LogP contribution is -2.11. The normalized spacial score (nSPS) is 13.7. The van der Waals surface area contributed by atoms with E-state index in [1.165, 1.54) is 0 Å². The van der Waals surface area contributed by atoms with E-state index in [4.69, 9.17) is 10.8 Å². The summed E-state index contributed by atoms with van der Waals surface area (Å²) in [7, 11) is 0. The van der Waals surface area contributed by atoms with E-state index in [0.29, 0.717) is 11.8 Å². The number of thioether (sulfide) groups is 1. The fraction of sp³-hybridized carbons (Fsp3) is 1.00. The molecule has 0 rings (SSSR count). The molecule has 2 nitrogen and oxygen atoms in total. The van der Waals surface area contributed by atoms with Gasteiger partial charge in [-0.15, -0.1) is 0 Å². The van der Waals surface area contributed by atoms with Crippen LogP contribution in [0.4, 0.5) is 0 Å². The summed E-state index contributed by atoms with van der Waals surface area (Å²) in [6.45, 7) is 3.06. The third kappa shape index (κ3) is 4.75. The molecule has 0 saturated carbocycles. The smallest absolute Gasteiger partial charge is 0.0549 e. The van der Waals surface area contributed by atoms with Gasteiger partial charge >= 0.3 is 0 Å². The predicted molar refractivity (Wildman–Crippen MR) is 42.7 cm³/mol. The maximum Gasteiger partial charge on any atom is 0.0549 e. The third-order valence-corrected chi connectivity index (χ3v) is 2.56. The highest BCUT2D eigenvalue weighted by Gasteiger charge is 2.01. The number of hydrogen-bond donors (Lipinski definition) is 2. The van der Waals surface area contributed by atoms with Crippen LogP contribution < -0.4 is 5.73 Å². The second kappa shape index (κ2) is 6.39. The first-order valence-corrected chi connectivity index (χ1v) is 4.32. The number of aliphatic hydroxyl groups is 1. The van der Waals surface area contributed by atoms with Gasteiger partial charge in [-0.1, -0.05) is 6.92 Å². The Labute approximate surface area is 60.8 Å². The maximum atomic E-state index is 8.69. The lowest BCUT2D eigenvalue weighted by Gasteiger charge is -2.08. The van der Waals surface area contributed by atoms with Gasteiger partial charge in [0, 0.05) is 17.5 Å². The van der Waals surface area contributed by atoms with Crippen molar-refractivity contribution in [1.29, 1.82) is 0 Å². The summed E-state index contributed by atoms with van der Waals surface area (Å²) in [4.78, 5) is 0. The molecule has 0 aromatic rings. The standard InChI is InChI=1S/C6H15NOS/c1-2-6(5-8)9-4-3-7/h6,8H,2-5,7H2,1H3. The topological polar surface area (TPSA) is 46.2 Å². The molecule has 9 heavy (non-hydrogen) atoms. The first-order valence-electron chi connectivity index (χ1n) is 3.27. The van der Waals surface area contributed by atoms with Crippen molar-refractivity contribution in [3.8, 4) is 0 Å². The molecule has 56 valence electrons. The Balaban J connectivity index is 3.09. The first-order chi connectivity index (χ1) is 4.35. The molecule has 3 heteroatoms. The van der Waals surface area contributed by atoms with E-state index in [1.807, 2.05) is 0 Å². The Hall–Kier alpha value is 0.270. The van der Waals surface area contributed by atoms with Crippen LogP contribution in [-0.4, -0.2) is 29.3 Å². The molecule has 0 radical (unpaired) electrons. The summed E-state index contributed by atoms with van der Waals surface area (Å²) in [5, 5.41) is 9.09. The highest BCUT2D eigenvalue weighted by Crippen LogP contribution is 2.11. The molecule has 0 spiro atoms. The van der Waals surface area contributed by atoms with Crippen LogP contribution in [0.3, 0.4) is 0 Å². The predicted octanol–water partition coefficient (Wildman–Crippen LogP) is 0.449. The molecular weight excluding hydrogens is 134 g/mol. The number of aliphatic hydroxyl groups excluding tert-OH is 1. The Morgan fingerprint density at radius 2 is 2.33 bits per heavy atom. The molecule has 0 amide bonds. The zero-order valence-electron chi connectivity index (χ0n) is 5.84. The lowest BCUT2D eigenvalue weighted by molar-refractivity contribution is 0.292. The van der Waals surface area contributed by atoms with E-state index >= 15 is 0 Å². The maximum absolute atomic E-state index is 8.69. The summed E-state index contributed by atoms with van der Waals surface area (Å²) in [6.07, 6.45) is 1.03. The zero-order chi connectivity index (χ0) is 7.11. The molecule has 0 aromatic heterocycles.